The molecule has 0 unspecified atom stereocenters. The number of aliphatic carboxylic acids is 1. The highest BCUT2D eigenvalue weighted by atomic mass is 79.9. The molecule has 1 heterocycles. The predicted molar refractivity (Wildman–Crippen MR) is 85.3 cm³/mol. The number of hydrogen-bond acceptors (Lipinski definition) is 2. The minimum absolute atomic E-state index is 0.113. The van der Waals surface area contributed by atoms with Crippen LogP contribution in [0.2, 0.25) is 0 Å². The van der Waals surface area contributed by atoms with E-state index in [2.05, 4.69) is 26.6 Å². The van der Waals surface area contributed by atoms with Crippen LogP contribution < -0.4 is 0 Å². The van der Waals surface area contributed by atoms with E-state index in [1.165, 1.54) is 0 Å². The zero-order chi connectivity index (χ0) is 15.0. The molecule has 1 N–H and O–H groups in total. The second-order valence-corrected chi connectivity index (χ2v) is 7.09. The lowest BCUT2D eigenvalue weighted by molar-refractivity contribution is -0.139. The second kappa shape index (κ2) is 5.44. The normalized spacial score (nSPS) is 17.4. The highest BCUT2D eigenvalue weighted by Gasteiger charge is 2.37. The van der Waals surface area contributed by atoms with Crippen LogP contribution in [0.15, 0.2) is 22.7 Å². The molecule has 2 aromatic rings. The Hall–Kier alpha value is -1.36. The molecule has 1 saturated carbocycles. The van der Waals surface area contributed by atoms with E-state index in [0.29, 0.717) is 0 Å². The highest BCUT2D eigenvalue weighted by Crippen LogP contribution is 2.44. The zero-order valence-electron chi connectivity index (χ0n) is 12.1. The van der Waals surface area contributed by atoms with Crippen LogP contribution >= 0.6 is 15.9 Å². The van der Waals surface area contributed by atoms with E-state index in [1.807, 2.05) is 19.2 Å². The number of hydrogen-bond donors (Lipinski definition) is 1. The lowest BCUT2D eigenvalue weighted by Gasteiger charge is -2.26. The molecular formula is C16H19BrN2O2. The molecule has 0 bridgehead atoms. The molecule has 0 radical (unpaired) electrons. The van der Waals surface area contributed by atoms with Crippen molar-refractivity contribution in [1.82, 2.24) is 9.55 Å². The monoisotopic (exact) mass is 350 g/mol. The Morgan fingerprint density at radius 3 is 2.81 bits per heavy atom. The Balaban J connectivity index is 1.96. The molecule has 1 aliphatic carbocycles. The molecule has 112 valence electrons. The summed E-state index contributed by atoms with van der Waals surface area (Å²) in [7, 11) is 2.02. The van der Waals surface area contributed by atoms with Crippen molar-refractivity contribution in [3.8, 4) is 0 Å². The van der Waals surface area contributed by atoms with Gasteiger partial charge in [0.25, 0.3) is 0 Å². The van der Waals surface area contributed by atoms with Crippen molar-refractivity contribution >= 4 is 32.9 Å². The van der Waals surface area contributed by atoms with Crippen molar-refractivity contribution in [2.75, 3.05) is 0 Å². The maximum atomic E-state index is 11.2. The molecule has 3 rings (SSSR count). The molecule has 0 aliphatic heterocycles. The molecule has 1 aliphatic rings. The molecule has 0 amide bonds. The summed E-state index contributed by atoms with van der Waals surface area (Å²) in [4.78, 5) is 15.9. The molecule has 1 aromatic heterocycles. The van der Waals surface area contributed by atoms with Gasteiger partial charge in [0.05, 0.1) is 17.5 Å². The molecule has 1 fully saturated rings. The third kappa shape index (κ3) is 2.84. The number of carboxylic acids is 1. The van der Waals surface area contributed by atoms with Gasteiger partial charge in [-0.3, -0.25) is 4.79 Å². The number of carbonyl (C=O) groups is 1. The highest BCUT2D eigenvalue weighted by molar-refractivity contribution is 9.10. The molecule has 5 heteroatoms. The Morgan fingerprint density at radius 1 is 1.43 bits per heavy atom. The number of imidazole rings is 1. The summed E-state index contributed by atoms with van der Waals surface area (Å²) in [5, 5.41) is 9.23. The molecule has 0 saturated heterocycles. The first kappa shape index (κ1) is 14.6. The van der Waals surface area contributed by atoms with Crippen molar-refractivity contribution in [3.05, 3.63) is 28.5 Å². The number of aryl methyl sites for hydroxylation is 1. The summed E-state index contributed by atoms with van der Waals surface area (Å²) >= 11 is 3.47. The van der Waals surface area contributed by atoms with E-state index < -0.39 is 5.97 Å². The summed E-state index contributed by atoms with van der Waals surface area (Å²) in [6, 6.07) is 6.07. The van der Waals surface area contributed by atoms with E-state index in [-0.39, 0.29) is 11.8 Å². The Bertz CT molecular complexity index is 687. The van der Waals surface area contributed by atoms with E-state index in [9.17, 15) is 9.90 Å². The van der Waals surface area contributed by atoms with Gasteiger partial charge in [0.1, 0.15) is 5.82 Å². The zero-order valence-corrected chi connectivity index (χ0v) is 13.7. The van der Waals surface area contributed by atoms with Gasteiger partial charge >= 0.3 is 5.97 Å². The SMILES string of the molecule is Cn1c(CC2(CC(=O)O)CCCC2)nc2cc(Br)ccc21. The Labute approximate surface area is 132 Å². The van der Waals surface area contributed by atoms with E-state index in [0.717, 1.165) is 53.4 Å². The summed E-state index contributed by atoms with van der Waals surface area (Å²) in [5.74, 6) is 0.296. The summed E-state index contributed by atoms with van der Waals surface area (Å²) < 4.78 is 3.12. The van der Waals surface area contributed by atoms with Gasteiger partial charge in [-0.1, -0.05) is 28.8 Å². The minimum Gasteiger partial charge on any atom is -0.481 e. The van der Waals surface area contributed by atoms with Crippen LogP contribution in [0.1, 0.15) is 37.9 Å². The van der Waals surface area contributed by atoms with Gasteiger partial charge in [-0.05, 0) is 36.5 Å². The van der Waals surface area contributed by atoms with Crippen LogP contribution in [0.3, 0.4) is 0 Å². The van der Waals surface area contributed by atoms with Crippen molar-refractivity contribution in [2.24, 2.45) is 12.5 Å². The molecular weight excluding hydrogens is 332 g/mol. The first-order valence-corrected chi connectivity index (χ1v) is 8.11. The van der Waals surface area contributed by atoms with Gasteiger partial charge in [0, 0.05) is 17.9 Å². The fraction of sp³-hybridized carbons (Fsp3) is 0.500. The third-order valence-electron chi connectivity index (χ3n) is 4.66. The quantitative estimate of drug-likeness (QED) is 0.909. The lowest BCUT2D eigenvalue weighted by Crippen LogP contribution is -2.25. The smallest absolute Gasteiger partial charge is 0.303 e. The number of aromatic nitrogens is 2. The summed E-state index contributed by atoms with van der Waals surface area (Å²) in [6.45, 7) is 0. The number of fused-ring (bicyclic) bond motifs is 1. The van der Waals surface area contributed by atoms with Gasteiger partial charge < -0.3 is 9.67 Å². The van der Waals surface area contributed by atoms with E-state index in [4.69, 9.17) is 4.98 Å². The van der Waals surface area contributed by atoms with Crippen LogP contribution in [-0.2, 0) is 18.3 Å². The summed E-state index contributed by atoms with van der Waals surface area (Å²) in [5.41, 5.74) is 1.94. The Kier molecular flexibility index (Phi) is 3.78. The maximum absolute atomic E-state index is 11.2. The average molecular weight is 351 g/mol. The summed E-state index contributed by atoms with van der Waals surface area (Å²) in [6.07, 6.45) is 5.24. The van der Waals surface area contributed by atoms with Gasteiger partial charge in [-0.25, -0.2) is 4.98 Å². The first-order valence-electron chi connectivity index (χ1n) is 7.32. The van der Waals surface area contributed by atoms with Crippen LogP contribution in [0, 0.1) is 5.41 Å². The van der Waals surface area contributed by atoms with Crippen LogP contribution in [-0.4, -0.2) is 20.6 Å². The van der Waals surface area contributed by atoms with Crippen LogP contribution in [0.25, 0.3) is 11.0 Å². The lowest BCUT2D eigenvalue weighted by atomic mass is 9.79. The van der Waals surface area contributed by atoms with Gasteiger partial charge in [0.15, 0.2) is 0 Å². The van der Waals surface area contributed by atoms with Gasteiger partial charge in [-0.2, -0.15) is 0 Å². The fourth-order valence-electron chi connectivity index (χ4n) is 3.58. The fourth-order valence-corrected chi connectivity index (χ4v) is 3.93. The third-order valence-corrected chi connectivity index (χ3v) is 5.15. The predicted octanol–water partition coefficient (Wildman–Crippen LogP) is 3.91. The number of nitrogens with zero attached hydrogens (tertiary/aromatic N) is 2. The van der Waals surface area contributed by atoms with Crippen LogP contribution in [0.5, 0.6) is 0 Å². The first-order chi connectivity index (χ1) is 9.99. The molecule has 1 aromatic carbocycles. The number of carboxylic acid groups (broad SMARTS) is 1. The number of rotatable bonds is 4. The van der Waals surface area contributed by atoms with Crippen molar-refractivity contribution in [3.63, 3.8) is 0 Å². The topological polar surface area (TPSA) is 55.1 Å². The average Bonchev–Trinajstić information content (AvgIpc) is 2.95. The van der Waals surface area contributed by atoms with Crippen LogP contribution in [0.4, 0.5) is 0 Å². The van der Waals surface area contributed by atoms with E-state index >= 15 is 0 Å². The van der Waals surface area contributed by atoms with Gasteiger partial charge in [-0.15, -0.1) is 0 Å². The van der Waals surface area contributed by atoms with Gasteiger partial charge in [0.2, 0.25) is 0 Å². The van der Waals surface area contributed by atoms with Crippen molar-refractivity contribution in [2.45, 2.75) is 38.5 Å². The van der Waals surface area contributed by atoms with Crippen molar-refractivity contribution < 1.29 is 9.90 Å². The maximum Gasteiger partial charge on any atom is 0.303 e. The Morgan fingerprint density at radius 2 is 2.14 bits per heavy atom. The molecule has 4 nitrogen and oxygen atoms in total. The van der Waals surface area contributed by atoms with Crippen molar-refractivity contribution in [1.29, 1.82) is 0 Å². The standard InChI is InChI=1S/C16H19BrN2O2/c1-19-13-5-4-11(17)8-12(13)18-14(19)9-16(10-15(20)21)6-2-3-7-16/h4-5,8H,2-3,6-7,9-10H2,1H3,(H,20,21). The van der Waals surface area contributed by atoms with E-state index in [1.54, 1.807) is 0 Å². The second-order valence-electron chi connectivity index (χ2n) is 6.17. The number of halogens is 1. The molecule has 0 atom stereocenters. The largest absolute Gasteiger partial charge is 0.481 e. The molecule has 21 heavy (non-hydrogen) atoms. The molecule has 0 spiro atoms. The minimum atomic E-state index is -0.696. The number of benzene rings is 1.